The molecule has 1 aliphatic heterocycles. The molecule has 0 bridgehead atoms. The zero-order chi connectivity index (χ0) is 32.0. The second-order valence-corrected chi connectivity index (χ2v) is 13.8. The van der Waals surface area contributed by atoms with Crippen molar-refractivity contribution in [2.24, 2.45) is 0 Å². The van der Waals surface area contributed by atoms with E-state index in [4.69, 9.17) is 0 Å². The maximum absolute atomic E-state index is 2.58. The van der Waals surface area contributed by atoms with Gasteiger partial charge < -0.3 is 14.0 Å². The third-order valence-electron chi connectivity index (χ3n) is 10.8. The Hall–Kier alpha value is -5.80. The summed E-state index contributed by atoms with van der Waals surface area (Å²) in [6, 6.07) is 49.7. The zero-order valence-electron chi connectivity index (χ0n) is 27.1. The molecule has 0 radical (unpaired) electrons. The van der Waals surface area contributed by atoms with Crippen LogP contribution in [0.25, 0.3) is 55.0 Å². The number of anilines is 2. The first-order chi connectivity index (χ1) is 23.6. The number of benzene rings is 6. The highest BCUT2D eigenvalue weighted by molar-refractivity contribution is 6.10. The van der Waals surface area contributed by atoms with Crippen LogP contribution >= 0.6 is 0 Å². The number of hydrogen-bond acceptors (Lipinski definition) is 1. The topological polar surface area (TPSA) is 13.1 Å². The van der Waals surface area contributed by atoms with Crippen molar-refractivity contribution in [2.75, 3.05) is 4.90 Å². The number of para-hydroxylation sites is 4. The maximum Gasteiger partial charge on any atom is 0.0560 e. The average Bonchev–Trinajstić information content (AvgIpc) is 3.65. The lowest BCUT2D eigenvalue weighted by atomic mass is 9.72. The Morgan fingerprint density at radius 3 is 1.31 bits per heavy atom. The zero-order valence-corrected chi connectivity index (χ0v) is 27.1. The predicted octanol–water partition coefficient (Wildman–Crippen LogP) is 11.5. The van der Waals surface area contributed by atoms with E-state index in [1.165, 1.54) is 77.5 Å². The Bertz CT molecular complexity index is 2370. The Morgan fingerprint density at radius 2 is 0.917 bits per heavy atom. The van der Waals surface area contributed by atoms with Gasteiger partial charge in [-0.3, -0.25) is 0 Å². The Kier molecular flexibility index (Phi) is 5.75. The minimum Gasteiger partial charge on any atom is -0.334 e. The first-order valence-corrected chi connectivity index (χ1v) is 17.0. The van der Waals surface area contributed by atoms with Crippen LogP contribution in [-0.4, -0.2) is 15.2 Å². The first-order valence-electron chi connectivity index (χ1n) is 17.0. The van der Waals surface area contributed by atoms with E-state index in [0.717, 1.165) is 6.42 Å². The highest BCUT2D eigenvalue weighted by atomic mass is 15.2. The SMILES string of the molecule is CC1(C)c2cc(-n3c4ccccc4c4ccccc43)ccc2N(C2C=CC=CC2)c2ccc(-n3c4ccccc4c4ccccc43)cc21. The van der Waals surface area contributed by atoms with Crippen LogP contribution in [0.1, 0.15) is 31.4 Å². The minimum atomic E-state index is -0.251. The molecule has 0 fully saturated rings. The van der Waals surface area contributed by atoms with Crippen molar-refractivity contribution >= 4 is 55.0 Å². The highest BCUT2D eigenvalue weighted by Gasteiger charge is 2.39. The summed E-state index contributed by atoms with van der Waals surface area (Å²) in [4.78, 5) is 2.58. The van der Waals surface area contributed by atoms with E-state index >= 15 is 0 Å². The van der Waals surface area contributed by atoms with Gasteiger partial charge in [-0.2, -0.15) is 0 Å². The normalized spacial score (nSPS) is 16.6. The molecule has 6 aromatic carbocycles. The predicted molar refractivity (Wildman–Crippen MR) is 203 cm³/mol. The standard InChI is InChI=1S/C45H35N3/c1-45(2)37-28-31(47-39-20-10-6-16-33(39)34-17-7-11-21-40(34)47)24-26-43(37)46(30-14-4-3-5-15-30)44-27-25-32(29-38(44)45)48-41-22-12-8-18-35(41)36-19-9-13-23-42(36)48/h3-14,16-30H,15H2,1-2H3. The van der Waals surface area contributed by atoms with Gasteiger partial charge in [-0.25, -0.2) is 0 Å². The molecule has 0 saturated heterocycles. The molecule has 2 aromatic heterocycles. The van der Waals surface area contributed by atoms with E-state index in [1.54, 1.807) is 0 Å². The summed E-state index contributed by atoms with van der Waals surface area (Å²) in [5.41, 5.74) is 12.3. The molecule has 230 valence electrons. The van der Waals surface area contributed by atoms with Gasteiger partial charge in [0.25, 0.3) is 0 Å². The van der Waals surface area contributed by atoms with Gasteiger partial charge >= 0.3 is 0 Å². The fourth-order valence-electron chi connectivity index (χ4n) is 8.54. The average molecular weight is 618 g/mol. The molecule has 0 saturated carbocycles. The number of fused-ring (bicyclic) bond motifs is 8. The van der Waals surface area contributed by atoms with Crippen molar-refractivity contribution in [3.05, 3.63) is 169 Å². The Balaban J connectivity index is 1.22. The summed E-state index contributed by atoms with van der Waals surface area (Å²) in [6.07, 6.45) is 9.99. The first kappa shape index (κ1) is 27.3. The van der Waals surface area contributed by atoms with Gasteiger partial charge in [0.1, 0.15) is 0 Å². The summed E-state index contributed by atoms with van der Waals surface area (Å²) >= 11 is 0. The van der Waals surface area contributed by atoms with Gasteiger partial charge in [0.2, 0.25) is 0 Å². The van der Waals surface area contributed by atoms with Gasteiger partial charge in [-0.15, -0.1) is 0 Å². The third-order valence-corrected chi connectivity index (χ3v) is 10.8. The highest BCUT2D eigenvalue weighted by Crippen LogP contribution is 2.52. The molecular formula is C45H35N3. The van der Waals surface area contributed by atoms with Crippen LogP contribution in [0.5, 0.6) is 0 Å². The summed E-state index contributed by atoms with van der Waals surface area (Å²) in [7, 11) is 0. The summed E-state index contributed by atoms with van der Waals surface area (Å²) in [5.74, 6) is 0. The van der Waals surface area contributed by atoms with E-state index in [2.05, 4.69) is 186 Å². The van der Waals surface area contributed by atoms with Gasteiger partial charge in [0.15, 0.2) is 0 Å². The molecule has 3 heterocycles. The van der Waals surface area contributed by atoms with Crippen molar-refractivity contribution in [1.29, 1.82) is 0 Å². The molecule has 3 nitrogen and oxygen atoms in total. The van der Waals surface area contributed by atoms with Crippen LogP contribution in [0, 0.1) is 0 Å². The quantitative estimate of drug-likeness (QED) is 0.192. The number of aromatic nitrogens is 2. The van der Waals surface area contributed by atoms with Crippen LogP contribution in [0.2, 0.25) is 0 Å². The molecule has 3 heteroatoms. The second-order valence-electron chi connectivity index (χ2n) is 13.8. The molecular weight excluding hydrogens is 583 g/mol. The third kappa shape index (κ3) is 3.76. The molecule has 48 heavy (non-hydrogen) atoms. The maximum atomic E-state index is 2.58. The molecule has 1 aliphatic carbocycles. The lowest BCUT2D eigenvalue weighted by Crippen LogP contribution is -2.38. The van der Waals surface area contributed by atoms with Gasteiger partial charge in [-0.05, 0) is 78.2 Å². The van der Waals surface area contributed by atoms with Crippen LogP contribution < -0.4 is 4.90 Å². The van der Waals surface area contributed by atoms with E-state index in [-0.39, 0.29) is 11.5 Å². The molecule has 10 rings (SSSR count). The van der Waals surface area contributed by atoms with Crippen molar-refractivity contribution in [3.8, 4) is 11.4 Å². The number of rotatable bonds is 3. The lowest BCUT2D eigenvalue weighted by Gasteiger charge is -2.45. The van der Waals surface area contributed by atoms with E-state index in [1.807, 2.05) is 0 Å². The molecule has 0 N–H and O–H groups in total. The van der Waals surface area contributed by atoms with Gasteiger partial charge in [0.05, 0.1) is 28.1 Å². The number of nitrogens with zero attached hydrogens (tertiary/aromatic N) is 3. The monoisotopic (exact) mass is 617 g/mol. The second kappa shape index (κ2) is 10.1. The molecule has 0 amide bonds. The summed E-state index contributed by atoms with van der Waals surface area (Å²) < 4.78 is 4.89. The van der Waals surface area contributed by atoms with Crippen molar-refractivity contribution in [2.45, 2.75) is 31.7 Å². The summed E-state index contributed by atoms with van der Waals surface area (Å²) in [6.45, 7) is 4.81. The lowest BCUT2D eigenvalue weighted by molar-refractivity contribution is 0.613. The number of allylic oxidation sites excluding steroid dienone is 2. The van der Waals surface area contributed by atoms with Crippen LogP contribution in [0.3, 0.4) is 0 Å². The fraction of sp³-hybridized carbons (Fsp3) is 0.111. The largest absolute Gasteiger partial charge is 0.334 e. The molecule has 0 spiro atoms. The van der Waals surface area contributed by atoms with E-state index in [9.17, 15) is 0 Å². The minimum absolute atomic E-state index is 0.238. The molecule has 1 atom stereocenters. The van der Waals surface area contributed by atoms with Crippen molar-refractivity contribution in [3.63, 3.8) is 0 Å². The smallest absolute Gasteiger partial charge is 0.0560 e. The Morgan fingerprint density at radius 1 is 0.500 bits per heavy atom. The molecule has 1 unspecified atom stereocenters. The van der Waals surface area contributed by atoms with E-state index < -0.39 is 0 Å². The van der Waals surface area contributed by atoms with Crippen LogP contribution in [-0.2, 0) is 5.41 Å². The fourth-order valence-corrected chi connectivity index (χ4v) is 8.54. The van der Waals surface area contributed by atoms with Crippen molar-refractivity contribution in [1.82, 2.24) is 9.13 Å². The van der Waals surface area contributed by atoms with Crippen LogP contribution in [0.15, 0.2) is 158 Å². The van der Waals surface area contributed by atoms with Crippen molar-refractivity contribution < 1.29 is 0 Å². The van der Waals surface area contributed by atoms with Gasteiger partial charge in [0, 0.05) is 49.7 Å². The van der Waals surface area contributed by atoms with E-state index in [0.29, 0.717) is 0 Å². The Labute approximate surface area is 280 Å². The molecule has 2 aliphatic rings. The van der Waals surface area contributed by atoms with Crippen LogP contribution in [0.4, 0.5) is 11.4 Å². The molecule has 8 aromatic rings. The van der Waals surface area contributed by atoms with Gasteiger partial charge in [-0.1, -0.05) is 111 Å². The number of hydrogen-bond donors (Lipinski definition) is 0. The summed E-state index contributed by atoms with van der Waals surface area (Å²) in [5, 5.41) is 5.14.